The third-order valence-corrected chi connectivity index (χ3v) is 4.68. The van der Waals surface area contributed by atoms with E-state index in [9.17, 15) is 0 Å². The van der Waals surface area contributed by atoms with Crippen LogP contribution in [-0.2, 0) is 6.54 Å². The Kier molecular flexibility index (Phi) is 4.53. The predicted molar refractivity (Wildman–Crippen MR) is 83.0 cm³/mol. The zero-order chi connectivity index (χ0) is 13.8. The van der Waals surface area contributed by atoms with Gasteiger partial charge in [-0.25, -0.2) is 0 Å². The summed E-state index contributed by atoms with van der Waals surface area (Å²) < 4.78 is 0. The highest BCUT2D eigenvalue weighted by Gasteiger charge is 2.26. The smallest absolute Gasteiger partial charge is 0.0562 e. The van der Waals surface area contributed by atoms with E-state index in [1.54, 1.807) is 0 Å². The second-order valence-corrected chi connectivity index (χ2v) is 6.00. The molecule has 1 aromatic heterocycles. The average molecular weight is 274 g/mol. The van der Waals surface area contributed by atoms with E-state index in [1.807, 2.05) is 13.2 Å². The molecule has 4 nitrogen and oxygen atoms in total. The third kappa shape index (κ3) is 3.13. The third-order valence-electron chi connectivity index (χ3n) is 4.68. The standard InChI is InChI=1S/C16H26N4/c1-17-13-14-12-16(6-7-18-14)20-10-8-19(9-11-20)15-4-2-3-5-15/h6-7,12,15,17H,2-5,8-11,13H2,1H3. The summed E-state index contributed by atoms with van der Waals surface area (Å²) in [6.45, 7) is 5.58. The Bertz CT molecular complexity index is 420. The highest BCUT2D eigenvalue weighted by atomic mass is 15.3. The summed E-state index contributed by atoms with van der Waals surface area (Å²) in [5.74, 6) is 0. The molecule has 1 saturated carbocycles. The molecular formula is C16H26N4. The van der Waals surface area contributed by atoms with Crippen molar-refractivity contribution in [2.24, 2.45) is 0 Å². The molecular weight excluding hydrogens is 248 g/mol. The van der Waals surface area contributed by atoms with Crippen LogP contribution in [0.25, 0.3) is 0 Å². The largest absolute Gasteiger partial charge is 0.369 e. The summed E-state index contributed by atoms with van der Waals surface area (Å²) in [6, 6.07) is 5.24. The molecule has 20 heavy (non-hydrogen) atoms. The first-order valence-electron chi connectivity index (χ1n) is 7.95. The Morgan fingerprint density at radius 2 is 1.95 bits per heavy atom. The Labute approximate surface area is 122 Å². The summed E-state index contributed by atoms with van der Waals surface area (Å²) in [7, 11) is 1.97. The number of anilines is 1. The number of rotatable bonds is 4. The molecule has 2 aliphatic rings. The van der Waals surface area contributed by atoms with E-state index < -0.39 is 0 Å². The SMILES string of the molecule is CNCc1cc(N2CCN(C3CCCC3)CC2)ccn1. The molecule has 3 rings (SSSR count). The van der Waals surface area contributed by atoms with E-state index in [2.05, 4.69) is 32.2 Å². The first kappa shape index (κ1) is 13.8. The van der Waals surface area contributed by atoms with Crippen LogP contribution >= 0.6 is 0 Å². The molecule has 2 fully saturated rings. The van der Waals surface area contributed by atoms with E-state index in [0.717, 1.165) is 31.4 Å². The van der Waals surface area contributed by atoms with Crippen LogP contribution in [-0.4, -0.2) is 49.2 Å². The van der Waals surface area contributed by atoms with Gasteiger partial charge in [0.15, 0.2) is 0 Å². The lowest BCUT2D eigenvalue weighted by Gasteiger charge is -2.39. The van der Waals surface area contributed by atoms with Gasteiger partial charge in [0.1, 0.15) is 0 Å². The van der Waals surface area contributed by atoms with E-state index in [0.29, 0.717) is 0 Å². The number of nitrogens with one attached hydrogen (secondary N) is 1. The minimum absolute atomic E-state index is 0.843. The van der Waals surface area contributed by atoms with Crippen LogP contribution in [0.15, 0.2) is 18.3 Å². The number of pyridine rings is 1. The number of piperazine rings is 1. The van der Waals surface area contributed by atoms with Gasteiger partial charge in [-0.1, -0.05) is 12.8 Å². The van der Waals surface area contributed by atoms with Crippen LogP contribution in [0.4, 0.5) is 5.69 Å². The van der Waals surface area contributed by atoms with Crippen molar-refractivity contribution in [2.75, 3.05) is 38.1 Å². The number of hydrogen-bond acceptors (Lipinski definition) is 4. The number of aromatic nitrogens is 1. The van der Waals surface area contributed by atoms with Crippen molar-refractivity contribution in [2.45, 2.75) is 38.3 Å². The van der Waals surface area contributed by atoms with Crippen LogP contribution in [0.2, 0.25) is 0 Å². The van der Waals surface area contributed by atoms with E-state index in [4.69, 9.17) is 0 Å². The highest BCUT2D eigenvalue weighted by Crippen LogP contribution is 2.25. The van der Waals surface area contributed by atoms with Crippen molar-refractivity contribution in [3.63, 3.8) is 0 Å². The summed E-state index contributed by atoms with van der Waals surface area (Å²) in [5.41, 5.74) is 2.46. The van der Waals surface area contributed by atoms with Crippen LogP contribution < -0.4 is 10.2 Å². The van der Waals surface area contributed by atoms with Gasteiger partial charge < -0.3 is 10.2 Å². The van der Waals surface area contributed by atoms with Gasteiger partial charge in [-0.15, -0.1) is 0 Å². The highest BCUT2D eigenvalue weighted by molar-refractivity contribution is 5.47. The lowest BCUT2D eigenvalue weighted by molar-refractivity contribution is 0.187. The molecule has 1 saturated heterocycles. The van der Waals surface area contributed by atoms with Gasteiger partial charge in [-0.2, -0.15) is 0 Å². The first-order valence-corrected chi connectivity index (χ1v) is 7.95. The lowest BCUT2D eigenvalue weighted by Crippen LogP contribution is -2.49. The molecule has 2 heterocycles. The fourth-order valence-electron chi connectivity index (χ4n) is 3.55. The zero-order valence-electron chi connectivity index (χ0n) is 12.5. The number of nitrogens with zero attached hydrogens (tertiary/aromatic N) is 3. The van der Waals surface area contributed by atoms with Crippen molar-refractivity contribution in [3.8, 4) is 0 Å². The molecule has 0 aromatic carbocycles. The van der Waals surface area contributed by atoms with E-state index in [1.165, 1.54) is 44.5 Å². The fourth-order valence-corrected chi connectivity index (χ4v) is 3.55. The molecule has 4 heteroatoms. The minimum atomic E-state index is 0.843. The Morgan fingerprint density at radius 1 is 1.20 bits per heavy atom. The van der Waals surface area contributed by atoms with E-state index >= 15 is 0 Å². The second-order valence-electron chi connectivity index (χ2n) is 6.00. The van der Waals surface area contributed by atoms with Crippen molar-refractivity contribution < 1.29 is 0 Å². The minimum Gasteiger partial charge on any atom is -0.369 e. The van der Waals surface area contributed by atoms with Gasteiger partial charge >= 0.3 is 0 Å². The van der Waals surface area contributed by atoms with Crippen LogP contribution in [0.1, 0.15) is 31.4 Å². The van der Waals surface area contributed by atoms with Crippen LogP contribution in [0.3, 0.4) is 0 Å². The zero-order valence-corrected chi connectivity index (χ0v) is 12.5. The topological polar surface area (TPSA) is 31.4 Å². The summed E-state index contributed by atoms with van der Waals surface area (Å²) in [4.78, 5) is 9.62. The molecule has 1 aliphatic carbocycles. The van der Waals surface area contributed by atoms with Crippen molar-refractivity contribution in [3.05, 3.63) is 24.0 Å². The maximum absolute atomic E-state index is 4.40. The fraction of sp³-hybridized carbons (Fsp3) is 0.688. The second kappa shape index (κ2) is 6.55. The van der Waals surface area contributed by atoms with Gasteiger partial charge in [-0.3, -0.25) is 9.88 Å². The van der Waals surface area contributed by atoms with Crippen LogP contribution in [0, 0.1) is 0 Å². The van der Waals surface area contributed by atoms with Gasteiger partial charge in [0.05, 0.1) is 5.69 Å². The molecule has 0 spiro atoms. The molecule has 0 unspecified atom stereocenters. The summed E-state index contributed by atoms with van der Waals surface area (Å²) in [6.07, 6.45) is 7.64. The summed E-state index contributed by atoms with van der Waals surface area (Å²) >= 11 is 0. The Hall–Kier alpha value is -1.13. The van der Waals surface area contributed by atoms with Crippen molar-refractivity contribution in [1.82, 2.24) is 15.2 Å². The normalized spacial score (nSPS) is 21.6. The predicted octanol–water partition coefficient (Wildman–Crippen LogP) is 1.87. The number of hydrogen-bond donors (Lipinski definition) is 1. The quantitative estimate of drug-likeness (QED) is 0.908. The molecule has 110 valence electrons. The van der Waals surface area contributed by atoms with Gasteiger partial charge in [0.25, 0.3) is 0 Å². The first-order chi connectivity index (χ1) is 9.86. The molecule has 0 bridgehead atoms. The molecule has 1 N–H and O–H groups in total. The molecule has 0 radical (unpaired) electrons. The molecule has 0 atom stereocenters. The van der Waals surface area contributed by atoms with Crippen molar-refractivity contribution in [1.29, 1.82) is 0 Å². The molecule has 0 amide bonds. The maximum atomic E-state index is 4.40. The van der Waals surface area contributed by atoms with Gasteiger partial charge in [0, 0.05) is 50.6 Å². The van der Waals surface area contributed by atoms with Gasteiger partial charge in [0.2, 0.25) is 0 Å². The maximum Gasteiger partial charge on any atom is 0.0562 e. The Balaban J connectivity index is 1.58. The van der Waals surface area contributed by atoms with E-state index in [-0.39, 0.29) is 0 Å². The van der Waals surface area contributed by atoms with Gasteiger partial charge in [-0.05, 0) is 32.0 Å². The van der Waals surface area contributed by atoms with Crippen LogP contribution in [0.5, 0.6) is 0 Å². The molecule has 1 aromatic rings. The lowest BCUT2D eigenvalue weighted by atomic mass is 10.1. The summed E-state index contributed by atoms with van der Waals surface area (Å²) in [5, 5.41) is 3.17. The van der Waals surface area contributed by atoms with Crippen molar-refractivity contribution >= 4 is 5.69 Å². The average Bonchev–Trinajstić information content (AvgIpc) is 3.02. The monoisotopic (exact) mass is 274 g/mol. The Morgan fingerprint density at radius 3 is 2.65 bits per heavy atom. The molecule has 1 aliphatic heterocycles.